The smallest absolute Gasteiger partial charge is 0.139 e. The van der Waals surface area contributed by atoms with Gasteiger partial charge in [-0.2, -0.15) is 0 Å². The van der Waals surface area contributed by atoms with Crippen LogP contribution in [0.1, 0.15) is 73.9 Å². The van der Waals surface area contributed by atoms with Crippen molar-refractivity contribution < 1.29 is 9.84 Å². The number of para-hydroxylation sites is 2. The molecule has 262 valence electrons. The molecule has 2 unspecified atom stereocenters. The Morgan fingerprint density at radius 1 is 0.830 bits per heavy atom. The van der Waals surface area contributed by atoms with E-state index in [1.807, 2.05) is 6.08 Å². The predicted molar refractivity (Wildman–Crippen MR) is 221 cm³/mol. The molecule has 1 N–H and O–H groups in total. The van der Waals surface area contributed by atoms with Crippen LogP contribution in [0.15, 0.2) is 157 Å². The van der Waals surface area contributed by atoms with Gasteiger partial charge in [-0.3, -0.25) is 0 Å². The number of aromatic nitrogens is 1. The van der Waals surface area contributed by atoms with E-state index in [-0.39, 0.29) is 5.92 Å². The largest absolute Gasteiger partial charge is 0.508 e. The van der Waals surface area contributed by atoms with Gasteiger partial charge >= 0.3 is 0 Å². The fraction of sp³-hybridized carbons (Fsp3) is 0.200. The maximum absolute atomic E-state index is 11.9. The lowest BCUT2D eigenvalue weighted by atomic mass is 9.56. The fourth-order valence-electron chi connectivity index (χ4n) is 9.47. The van der Waals surface area contributed by atoms with E-state index in [2.05, 4.69) is 164 Å². The Kier molecular flexibility index (Phi) is 8.51. The van der Waals surface area contributed by atoms with Gasteiger partial charge in [-0.15, -0.1) is 0 Å². The Morgan fingerprint density at radius 3 is 2.45 bits per heavy atom. The monoisotopic (exact) mass is 691 g/mol. The van der Waals surface area contributed by atoms with Crippen molar-refractivity contribution in [2.75, 3.05) is 0 Å². The van der Waals surface area contributed by atoms with Crippen LogP contribution in [0.25, 0.3) is 39.4 Å². The van der Waals surface area contributed by atoms with Gasteiger partial charge in [0.2, 0.25) is 0 Å². The topological polar surface area (TPSA) is 34.4 Å². The van der Waals surface area contributed by atoms with Crippen molar-refractivity contribution in [2.45, 2.75) is 57.8 Å². The zero-order chi connectivity index (χ0) is 35.9. The minimum absolute atomic E-state index is 0.0738. The van der Waals surface area contributed by atoms with Crippen molar-refractivity contribution >= 4 is 28.2 Å². The fourth-order valence-corrected chi connectivity index (χ4v) is 9.47. The summed E-state index contributed by atoms with van der Waals surface area (Å²) in [6.45, 7) is 4.40. The molecule has 5 aromatic rings. The second kappa shape index (κ2) is 13.6. The number of allylic oxidation sites excluding steroid dienone is 12. The Hall–Kier alpha value is -5.80. The highest BCUT2D eigenvalue weighted by Crippen LogP contribution is 2.61. The average Bonchev–Trinajstić information content (AvgIpc) is 3.54. The van der Waals surface area contributed by atoms with E-state index in [0.717, 1.165) is 77.9 Å². The summed E-state index contributed by atoms with van der Waals surface area (Å²) in [4.78, 5) is 0. The number of fused-ring (bicyclic) bond motifs is 5. The first-order valence-corrected chi connectivity index (χ1v) is 19.2. The number of rotatable bonds is 7. The summed E-state index contributed by atoms with van der Waals surface area (Å²) in [5.41, 5.74) is 12.4. The maximum Gasteiger partial charge on any atom is 0.139 e. The minimum atomic E-state index is -0.714. The first-order valence-electron chi connectivity index (χ1n) is 19.2. The highest BCUT2D eigenvalue weighted by atomic mass is 16.5. The molecule has 4 aliphatic rings. The first kappa shape index (κ1) is 33.1. The number of hydrogen-bond donors (Lipinski definition) is 1. The quantitative estimate of drug-likeness (QED) is 0.172. The summed E-state index contributed by atoms with van der Waals surface area (Å²) in [7, 11) is 0. The zero-order valence-corrected chi connectivity index (χ0v) is 30.6. The van der Waals surface area contributed by atoms with Crippen LogP contribution in [0.3, 0.4) is 0 Å². The third-order valence-corrected chi connectivity index (χ3v) is 11.8. The third-order valence-electron chi connectivity index (χ3n) is 11.8. The molecule has 4 aromatic carbocycles. The van der Waals surface area contributed by atoms with Crippen LogP contribution in [-0.2, 0) is 11.8 Å². The maximum atomic E-state index is 11.9. The van der Waals surface area contributed by atoms with Crippen molar-refractivity contribution in [1.82, 2.24) is 4.57 Å². The number of ether oxygens (including phenoxy) is 1. The number of benzene rings is 4. The first-order chi connectivity index (χ1) is 26.1. The SMILES string of the molecule is C/C=C\C=C(\c1ccccc1)C(C)C1(C2=C(O)C=CCC2)c2ccccc2Oc2c(-c3ccc4c(c3)c3c(n4C4=CC=CCC4)CCC=C3)cccc21. The number of aliphatic hydroxyl groups is 1. The van der Waals surface area contributed by atoms with Crippen LogP contribution in [-0.4, -0.2) is 9.67 Å². The van der Waals surface area contributed by atoms with Crippen LogP contribution >= 0.6 is 0 Å². The van der Waals surface area contributed by atoms with E-state index in [1.165, 1.54) is 39.0 Å². The van der Waals surface area contributed by atoms with Gasteiger partial charge in [0, 0.05) is 39.0 Å². The van der Waals surface area contributed by atoms with Gasteiger partial charge in [-0.05, 0) is 104 Å². The van der Waals surface area contributed by atoms with Gasteiger partial charge in [-0.1, -0.05) is 128 Å². The van der Waals surface area contributed by atoms with Gasteiger partial charge in [-0.25, -0.2) is 0 Å². The average molecular weight is 692 g/mol. The van der Waals surface area contributed by atoms with Gasteiger partial charge < -0.3 is 14.4 Å². The number of hydrogen-bond acceptors (Lipinski definition) is 2. The molecule has 53 heavy (non-hydrogen) atoms. The standard InChI is InChI=1S/C50H45NO2/c1-3-4-22-38(35-18-7-5-8-19-35)34(2)50(42-25-12-15-29-47(42)52)43-26-13-16-30-48(43)53-49-39(24-17-27-44(49)50)36-31-32-46-41(33-36)40-23-11-14-28-45(40)51(46)37-20-9-6-10-21-37/h3-9,11,13,15-20,22-24,26-27,29-34,52H,10,12,14,21,25,28H2,1-2H3/b4-3-,38-22+. The van der Waals surface area contributed by atoms with E-state index in [4.69, 9.17) is 4.74 Å². The summed E-state index contributed by atoms with van der Waals surface area (Å²) in [6.07, 6.45) is 27.7. The van der Waals surface area contributed by atoms with Gasteiger partial charge in [0.05, 0.1) is 10.9 Å². The lowest BCUT2D eigenvalue weighted by Gasteiger charge is -2.48. The summed E-state index contributed by atoms with van der Waals surface area (Å²) < 4.78 is 9.62. The minimum Gasteiger partial charge on any atom is -0.508 e. The van der Waals surface area contributed by atoms with E-state index in [0.29, 0.717) is 5.76 Å². The van der Waals surface area contributed by atoms with Crippen molar-refractivity contribution in [2.24, 2.45) is 5.92 Å². The van der Waals surface area contributed by atoms with E-state index < -0.39 is 5.41 Å². The molecule has 0 saturated heterocycles. The molecule has 3 nitrogen and oxygen atoms in total. The molecule has 9 rings (SSSR count). The summed E-state index contributed by atoms with van der Waals surface area (Å²) in [5.74, 6) is 1.96. The van der Waals surface area contributed by atoms with Gasteiger partial charge in [0.15, 0.2) is 0 Å². The normalized spacial score (nSPS) is 19.9. The molecule has 0 amide bonds. The molecule has 2 atom stereocenters. The Morgan fingerprint density at radius 2 is 1.62 bits per heavy atom. The molecule has 1 aliphatic heterocycles. The Bertz CT molecular complexity index is 2460. The molecule has 3 heteroatoms. The van der Waals surface area contributed by atoms with Crippen LogP contribution in [0.2, 0.25) is 0 Å². The van der Waals surface area contributed by atoms with Crippen molar-refractivity contribution in [3.63, 3.8) is 0 Å². The van der Waals surface area contributed by atoms with Crippen LogP contribution in [0.5, 0.6) is 11.5 Å². The highest BCUT2D eigenvalue weighted by molar-refractivity contribution is 5.98. The zero-order valence-electron chi connectivity index (χ0n) is 30.6. The van der Waals surface area contributed by atoms with Crippen LogP contribution < -0.4 is 4.74 Å². The number of aliphatic hydroxyl groups excluding tert-OH is 1. The van der Waals surface area contributed by atoms with E-state index in [9.17, 15) is 5.11 Å². The molecule has 0 fully saturated rings. The van der Waals surface area contributed by atoms with E-state index >= 15 is 0 Å². The van der Waals surface area contributed by atoms with Crippen LogP contribution in [0.4, 0.5) is 0 Å². The lowest BCUT2D eigenvalue weighted by molar-refractivity contribution is 0.347. The highest BCUT2D eigenvalue weighted by Gasteiger charge is 2.51. The summed E-state index contributed by atoms with van der Waals surface area (Å²) in [5, 5.41) is 13.2. The van der Waals surface area contributed by atoms with Gasteiger partial charge in [0.1, 0.15) is 17.3 Å². The molecule has 2 heterocycles. The molecule has 0 radical (unpaired) electrons. The molecule has 0 saturated carbocycles. The predicted octanol–water partition coefficient (Wildman–Crippen LogP) is 13.3. The third kappa shape index (κ3) is 5.32. The molecule has 0 bridgehead atoms. The molecular weight excluding hydrogens is 647 g/mol. The van der Waals surface area contributed by atoms with Crippen LogP contribution in [0, 0.1) is 5.92 Å². The Balaban J connectivity index is 1.31. The van der Waals surface area contributed by atoms with Gasteiger partial charge in [0.25, 0.3) is 0 Å². The van der Waals surface area contributed by atoms with E-state index in [1.54, 1.807) is 0 Å². The Labute approximate surface area is 313 Å². The number of nitrogens with zero attached hydrogens (tertiary/aromatic N) is 1. The molecule has 3 aliphatic carbocycles. The summed E-state index contributed by atoms with van der Waals surface area (Å²) >= 11 is 0. The van der Waals surface area contributed by atoms with Crippen molar-refractivity contribution in [1.29, 1.82) is 0 Å². The lowest BCUT2D eigenvalue weighted by Crippen LogP contribution is -2.41. The molecule has 0 spiro atoms. The molecular formula is C50H45NO2. The van der Waals surface area contributed by atoms with Crippen molar-refractivity contribution in [3.05, 3.63) is 185 Å². The second-order valence-electron chi connectivity index (χ2n) is 14.6. The second-order valence-corrected chi connectivity index (χ2v) is 14.6. The summed E-state index contributed by atoms with van der Waals surface area (Å²) in [6, 6.07) is 32.8. The molecule has 1 aromatic heterocycles. The van der Waals surface area contributed by atoms with Crippen molar-refractivity contribution in [3.8, 4) is 22.6 Å².